The molecule has 0 atom stereocenters. The van der Waals surface area contributed by atoms with Crippen LogP contribution in [0.25, 0.3) is 0 Å². The fourth-order valence-electron chi connectivity index (χ4n) is 0.361. The van der Waals surface area contributed by atoms with E-state index >= 15 is 0 Å². The van der Waals surface area contributed by atoms with Gasteiger partial charge in [-0.3, -0.25) is 0 Å². The van der Waals surface area contributed by atoms with Crippen LogP contribution in [0.15, 0.2) is 22.4 Å². The summed E-state index contributed by atoms with van der Waals surface area (Å²) in [6, 6.07) is 0. The van der Waals surface area contributed by atoms with Crippen LogP contribution in [0.3, 0.4) is 0 Å². The molecule has 0 bridgehead atoms. The van der Waals surface area contributed by atoms with Crippen molar-refractivity contribution in [2.24, 2.45) is 0 Å². The Bertz CT molecular complexity index is 144. The van der Waals surface area contributed by atoms with Gasteiger partial charge in [-0.2, -0.15) is 0 Å². The molecule has 0 aromatic carbocycles. The van der Waals surface area contributed by atoms with Crippen molar-refractivity contribution in [2.75, 3.05) is 0 Å². The van der Waals surface area contributed by atoms with Crippen LogP contribution in [0.4, 0.5) is 0 Å². The first-order chi connectivity index (χ1) is 3.39. The molecule has 1 heterocycles. The zero-order valence-corrected chi connectivity index (χ0v) is 6.07. The molecule has 1 N–H and O–H groups in total. The summed E-state index contributed by atoms with van der Waals surface area (Å²) in [5.74, 6) is 0. The Balaban J connectivity index is 2.82. The van der Waals surface area contributed by atoms with Crippen LogP contribution in [-0.4, -0.2) is 27.0 Å². The summed E-state index contributed by atoms with van der Waals surface area (Å²) in [5.41, 5.74) is 0. The first-order valence-electron chi connectivity index (χ1n) is 1.99. The molecule has 0 aliphatic carbocycles. The summed E-state index contributed by atoms with van der Waals surface area (Å²) >= 11 is -1.74. The summed E-state index contributed by atoms with van der Waals surface area (Å²) in [6.07, 6.45) is 5.72. The Morgan fingerprint density at radius 2 is 2.00 bits per heavy atom. The third-order valence-corrected chi connectivity index (χ3v) is 3.15. The predicted molar refractivity (Wildman–Crippen MR) is 32.3 cm³/mol. The Hall–Kier alpha value is 0.0996. The quantitative estimate of drug-likeness (QED) is 0.558. The van der Waals surface area contributed by atoms with E-state index in [1.54, 1.807) is 0 Å². The standard InChI is InChI=1S/C5H6OTe/c6-7-4-2-1-3-5-7/h1-6H. The molecular weight excluding hydrogens is 204 g/mol. The van der Waals surface area contributed by atoms with Gasteiger partial charge in [0.25, 0.3) is 0 Å². The monoisotopic (exact) mass is 212 g/mol. The molecule has 0 unspecified atom stereocenters. The van der Waals surface area contributed by atoms with Gasteiger partial charge in [0.05, 0.1) is 0 Å². The maximum absolute atomic E-state index is 8.89. The van der Waals surface area contributed by atoms with Crippen molar-refractivity contribution in [2.45, 2.75) is 0 Å². The molecule has 0 saturated heterocycles. The SMILES string of the molecule is O[Te]1=CC=CC=C1. The van der Waals surface area contributed by atoms with Crippen molar-refractivity contribution >= 4 is 23.5 Å². The van der Waals surface area contributed by atoms with Crippen molar-refractivity contribution in [1.82, 2.24) is 0 Å². The van der Waals surface area contributed by atoms with Crippen LogP contribution < -0.4 is 0 Å². The molecule has 2 heteroatoms. The second-order valence-corrected chi connectivity index (χ2v) is 4.73. The van der Waals surface area contributed by atoms with E-state index in [0.29, 0.717) is 0 Å². The van der Waals surface area contributed by atoms with Crippen molar-refractivity contribution in [3.63, 3.8) is 0 Å². The topological polar surface area (TPSA) is 20.2 Å². The van der Waals surface area contributed by atoms with E-state index in [0.717, 1.165) is 0 Å². The van der Waals surface area contributed by atoms with Crippen molar-refractivity contribution < 1.29 is 3.47 Å². The molecule has 0 aromatic rings. The fourth-order valence-corrected chi connectivity index (χ4v) is 2.06. The van der Waals surface area contributed by atoms with Crippen molar-refractivity contribution in [3.8, 4) is 0 Å². The summed E-state index contributed by atoms with van der Waals surface area (Å²) in [6.45, 7) is 0. The van der Waals surface area contributed by atoms with Crippen LogP contribution in [0, 0.1) is 0 Å². The van der Waals surface area contributed by atoms with Gasteiger partial charge in [-0.05, 0) is 0 Å². The molecule has 38 valence electrons. The van der Waals surface area contributed by atoms with Gasteiger partial charge >= 0.3 is 49.4 Å². The fraction of sp³-hybridized carbons (Fsp3) is 0. The molecule has 0 amide bonds. The van der Waals surface area contributed by atoms with Gasteiger partial charge in [-0.1, -0.05) is 0 Å². The average molecular weight is 210 g/mol. The van der Waals surface area contributed by atoms with E-state index in [1.807, 2.05) is 26.4 Å². The van der Waals surface area contributed by atoms with Crippen molar-refractivity contribution in [3.05, 3.63) is 22.4 Å². The van der Waals surface area contributed by atoms with E-state index in [1.165, 1.54) is 0 Å². The molecule has 0 saturated carbocycles. The molecular formula is C5H6OTe. The Labute approximate surface area is 49.6 Å². The molecule has 1 rings (SSSR count). The third kappa shape index (κ3) is 1.56. The summed E-state index contributed by atoms with van der Waals surface area (Å²) in [4.78, 5) is 0. The molecule has 0 aromatic heterocycles. The molecule has 0 fully saturated rings. The summed E-state index contributed by atoms with van der Waals surface area (Å²) in [7, 11) is 0. The Morgan fingerprint density at radius 1 is 1.14 bits per heavy atom. The van der Waals surface area contributed by atoms with E-state index < -0.39 is 19.5 Å². The summed E-state index contributed by atoms with van der Waals surface area (Å²) < 4.78 is 12.7. The number of allylic oxidation sites excluding steroid dienone is 3. The molecule has 1 nitrogen and oxygen atoms in total. The molecule has 1 aliphatic heterocycles. The van der Waals surface area contributed by atoms with Crippen LogP contribution >= 0.6 is 0 Å². The second-order valence-electron chi connectivity index (χ2n) is 1.20. The van der Waals surface area contributed by atoms with Gasteiger partial charge in [-0.15, -0.1) is 0 Å². The Kier molecular flexibility index (Phi) is 1.81. The van der Waals surface area contributed by atoms with E-state index in [-0.39, 0.29) is 0 Å². The normalized spacial score (nSPS) is 19.6. The van der Waals surface area contributed by atoms with E-state index in [4.69, 9.17) is 3.47 Å². The number of rotatable bonds is 0. The van der Waals surface area contributed by atoms with Gasteiger partial charge in [0.2, 0.25) is 0 Å². The molecule has 0 spiro atoms. The van der Waals surface area contributed by atoms with E-state index in [2.05, 4.69) is 0 Å². The van der Waals surface area contributed by atoms with Crippen LogP contribution in [-0.2, 0) is 0 Å². The minimum atomic E-state index is -1.74. The molecule has 0 radical (unpaired) electrons. The predicted octanol–water partition coefficient (Wildman–Crippen LogP) is 0.0193. The maximum atomic E-state index is 8.89. The zero-order valence-electron chi connectivity index (χ0n) is 3.74. The van der Waals surface area contributed by atoms with Crippen molar-refractivity contribution in [1.29, 1.82) is 0 Å². The average Bonchev–Trinajstić information content (AvgIpc) is 1.69. The minimum absolute atomic E-state index is 1.74. The van der Waals surface area contributed by atoms with Gasteiger partial charge < -0.3 is 0 Å². The number of hydrogen-bond acceptors (Lipinski definition) is 1. The van der Waals surface area contributed by atoms with Crippen LogP contribution in [0.1, 0.15) is 0 Å². The van der Waals surface area contributed by atoms with Crippen LogP contribution in [0.2, 0.25) is 0 Å². The zero-order chi connectivity index (χ0) is 5.11. The number of hydrogen-bond donors (Lipinski definition) is 1. The van der Waals surface area contributed by atoms with Gasteiger partial charge in [-0.25, -0.2) is 0 Å². The first kappa shape index (κ1) is 5.24. The van der Waals surface area contributed by atoms with Gasteiger partial charge in [0.15, 0.2) is 0 Å². The first-order valence-corrected chi connectivity index (χ1v) is 5.72. The van der Waals surface area contributed by atoms with Crippen LogP contribution in [0.5, 0.6) is 0 Å². The summed E-state index contributed by atoms with van der Waals surface area (Å²) in [5, 5.41) is 0. The Morgan fingerprint density at radius 3 is 2.29 bits per heavy atom. The third-order valence-electron chi connectivity index (χ3n) is 0.658. The van der Waals surface area contributed by atoms with Gasteiger partial charge in [0, 0.05) is 0 Å². The second kappa shape index (κ2) is 2.42. The van der Waals surface area contributed by atoms with E-state index in [9.17, 15) is 0 Å². The molecule has 7 heavy (non-hydrogen) atoms. The van der Waals surface area contributed by atoms with Gasteiger partial charge in [0.1, 0.15) is 0 Å². The molecule has 1 aliphatic rings.